The van der Waals surface area contributed by atoms with Crippen LogP contribution in [0.2, 0.25) is 0 Å². The summed E-state index contributed by atoms with van der Waals surface area (Å²) in [7, 11) is 0. The Labute approximate surface area is 246 Å². The molecule has 0 spiro atoms. The number of hydrogen-bond acceptors (Lipinski definition) is 8. The molecule has 4 saturated carbocycles. The first kappa shape index (κ1) is 25.9. The third-order valence-electron chi connectivity index (χ3n) is 10.6. The first-order valence-corrected chi connectivity index (χ1v) is 16.0. The molecular weight excluding hydrogens is 536 g/mol. The standard InChI is InChI=1S/C34H40O8/c1-3-32(41-18-28-16-39-28)30(10-24(1)35-12-26-14-37-26)34(22-6-20-5-21(8-22)9-23(34)7-20)31-11-25(36-13-27-15-38-27)2-4-33(31)42-19-29-17-40-29/h1-4,10-11,20-23,26-29H,5-9,12-19H2. The third kappa shape index (κ3) is 5.04. The molecule has 4 saturated heterocycles. The third-order valence-corrected chi connectivity index (χ3v) is 10.6. The van der Waals surface area contributed by atoms with Crippen molar-refractivity contribution >= 4 is 0 Å². The van der Waals surface area contributed by atoms with E-state index in [0.717, 1.165) is 61.3 Å². The van der Waals surface area contributed by atoms with Gasteiger partial charge in [0.25, 0.3) is 0 Å². The molecule has 10 rings (SSSR count). The topological polar surface area (TPSA) is 87.0 Å². The summed E-state index contributed by atoms with van der Waals surface area (Å²) in [5, 5.41) is 0. The summed E-state index contributed by atoms with van der Waals surface area (Å²) in [4.78, 5) is 0. The van der Waals surface area contributed by atoms with E-state index in [-0.39, 0.29) is 29.8 Å². The lowest BCUT2D eigenvalue weighted by atomic mass is 9.42. The fraction of sp³-hybridized carbons (Fsp3) is 0.647. The van der Waals surface area contributed by atoms with E-state index in [2.05, 4.69) is 36.4 Å². The summed E-state index contributed by atoms with van der Waals surface area (Å²) in [6, 6.07) is 12.9. The first-order valence-electron chi connectivity index (χ1n) is 16.0. The average molecular weight is 577 g/mol. The van der Waals surface area contributed by atoms with E-state index in [4.69, 9.17) is 37.9 Å². The maximum absolute atomic E-state index is 6.61. The van der Waals surface area contributed by atoms with Gasteiger partial charge in [-0.25, -0.2) is 0 Å². The largest absolute Gasteiger partial charge is 0.491 e. The van der Waals surface area contributed by atoms with Crippen LogP contribution in [0.5, 0.6) is 23.0 Å². The van der Waals surface area contributed by atoms with E-state index >= 15 is 0 Å². The highest BCUT2D eigenvalue weighted by Crippen LogP contribution is 2.67. The molecule has 4 unspecified atom stereocenters. The molecule has 4 aliphatic carbocycles. The number of epoxide rings is 4. The Kier molecular flexibility index (Phi) is 6.35. The molecule has 224 valence electrons. The van der Waals surface area contributed by atoms with Crippen molar-refractivity contribution in [2.45, 2.75) is 61.9 Å². The van der Waals surface area contributed by atoms with E-state index in [9.17, 15) is 0 Å². The first-order chi connectivity index (χ1) is 20.7. The predicted molar refractivity (Wildman–Crippen MR) is 152 cm³/mol. The highest BCUT2D eigenvalue weighted by molar-refractivity contribution is 5.58. The second-order valence-corrected chi connectivity index (χ2v) is 13.6. The van der Waals surface area contributed by atoms with Gasteiger partial charge in [0.1, 0.15) is 73.8 Å². The SMILES string of the molecule is c1cc(OCC2CO2)c(C2(c3cc(OCC4CO4)ccc3OCC3CO3)C3CC4CC(C3)CC2C4)cc1OCC1CO1. The normalized spacial score (nSPS) is 38.2. The van der Waals surface area contributed by atoms with Crippen LogP contribution < -0.4 is 18.9 Å². The molecule has 8 aliphatic rings. The zero-order valence-electron chi connectivity index (χ0n) is 24.0. The second-order valence-electron chi connectivity index (χ2n) is 13.6. The van der Waals surface area contributed by atoms with Gasteiger partial charge in [0.05, 0.1) is 26.4 Å². The quantitative estimate of drug-likeness (QED) is 0.303. The van der Waals surface area contributed by atoms with Crippen LogP contribution in [0.15, 0.2) is 36.4 Å². The van der Waals surface area contributed by atoms with Crippen LogP contribution in [0, 0.1) is 23.7 Å². The van der Waals surface area contributed by atoms with E-state index in [1.54, 1.807) is 0 Å². The van der Waals surface area contributed by atoms with E-state index in [1.807, 2.05) is 0 Å². The van der Waals surface area contributed by atoms with Crippen LogP contribution in [-0.4, -0.2) is 77.3 Å². The molecule has 4 atom stereocenters. The molecule has 8 nitrogen and oxygen atoms in total. The summed E-state index contributed by atoms with van der Waals surface area (Å²) < 4.78 is 47.8. The summed E-state index contributed by atoms with van der Waals surface area (Å²) in [6.07, 6.45) is 7.03. The Bertz CT molecular complexity index is 1200. The zero-order chi connectivity index (χ0) is 27.7. The maximum atomic E-state index is 6.61. The fourth-order valence-corrected chi connectivity index (χ4v) is 8.45. The van der Waals surface area contributed by atoms with Gasteiger partial charge >= 0.3 is 0 Å². The molecule has 2 aromatic carbocycles. The van der Waals surface area contributed by atoms with Gasteiger partial charge in [-0.05, 0) is 92.2 Å². The second kappa shape index (κ2) is 10.3. The number of ether oxygens (including phenoxy) is 8. The average Bonchev–Trinajstić information content (AvgIpc) is 3.81. The monoisotopic (exact) mass is 576 g/mol. The molecule has 0 radical (unpaired) electrons. The number of rotatable bonds is 14. The Morgan fingerprint density at radius 2 is 0.905 bits per heavy atom. The molecule has 0 aromatic heterocycles. The van der Waals surface area contributed by atoms with E-state index in [0.29, 0.717) is 38.3 Å². The van der Waals surface area contributed by atoms with Crippen LogP contribution in [-0.2, 0) is 24.4 Å². The van der Waals surface area contributed by atoms with Gasteiger partial charge in [0, 0.05) is 16.5 Å². The minimum Gasteiger partial charge on any atom is -0.491 e. The molecule has 4 bridgehead atoms. The predicted octanol–water partition coefficient (Wildman–Crippen LogP) is 4.54. The molecule has 42 heavy (non-hydrogen) atoms. The summed E-state index contributed by atoms with van der Waals surface area (Å²) >= 11 is 0. The smallest absolute Gasteiger partial charge is 0.123 e. The highest BCUT2D eigenvalue weighted by Gasteiger charge is 2.60. The Morgan fingerprint density at radius 1 is 0.524 bits per heavy atom. The minimum absolute atomic E-state index is 0.175. The van der Waals surface area contributed by atoms with Crippen LogP contribution in [0.25, 0.3) is 0 Å². The van der Waals surface area contributed by atoms with Gasteiger partial charge in [-0.2, -0.15) is 0 Å². The molecule has 8 fully saturated rings. The zero-order valence-corrected chi connectivity index (χ0v) is 24.0. The molecule has 4 aliphatic heterocycles. The van der Waals surface area contributed by atoms with Crippen molar-refractivity contribution < 1.29 is 37.9 Å². The van der Waals surface area contributed by atoms with Gasteiger partial charge in [-0.1, -0.05) is 0 Å². The summed E-state index contributed by atoms with van der Waals surface area (Å²) in [6.45, 7) is 5.35. The molecule has 8 heteroatoms. The van der Waals surface area contributed by atoms with Gasteiger partial charge in [-0.15, -0.1) is 0 Å². The summed E-state index contributed by atoms with van der Waals surface area (Å²) in [5.41, 5.74) is 2.17. The number of benzene rings is 2. The van der Waals surface area contributed by atoms with Gasteiger partial charge in [0.2, 0.25) is 0 Å². The molecular formula is C34H40O8. The van der Waals surface area contributed by atoms with Crippen molar-refractivity contribution in [3.05, 3.63) is 47.5 Å². The van der Waals surface area contributed by atoms with Crippen LogP contribution in [0.3, 0.4) is 0 Å². The van der Waals surface area contributed by atoms with Crippen LogP contribution in [0.4, 0.5) is 0 Å². The lowest BCUT2D eigenvalue weighted by Gasteiger charge is -2.62. The highest BCUT2D eigenvalue weighted by atomic mass is 16.6. The Balaban J connectivity index is 1.19. The van der Waals surface area contributed by atoms with Crippen molar-refractivity contribution in [2.75, 3.05) is 52.9 Å². The maximum Gasteiger partial charge on any atom is 0.123 e. The van der Waals surface area contributed by atoms with Crippen molar-refractivity contribution in [1.82, 2.24) is 0 Å². The van der Waals surface area contributed by atoms with Crippen LogP contribution in [0.1, 0.15) is 43.2 Å². The minimum atomic E-state index is -0.280. The van der Waals surface area contributed by atoms with Crippen molar-refractivity contribution in [3.63, 3.8) is 0 Å². The van der Waals surface area contributed by atoms with Crippen LogP contribution >= 0.6 is 0 Å². The van der Waals surface area contributed by atoms with E-state index in [1.165, 1.54) is 43.2 Å². The fourth-order valence-electron chi connectivity index (χ4n) is 8.45. The molecule has 4 heterocycles. The van der Waals surface area contributed by atoms with Gasteiger partial charge in [0.15, 0.2) is 0 Å². The number of hydrogen-bond donors (Lipinski definition) is 0. The molecule has 0 amide bonds. The molecule has 2 aromatic rings. The van der Waals surface area contributed by atoms with Gasteiger partial charge < -0.3 is 37.9 Å². The lowest BCUT2D eigenvalue weighted by Crippen LogP contribution is -2.56. The summed E-state index contributed by atoms with van der Waals surface area (Å²) in [5.74, 6) is 6.17. The van der Waals surface area contributed by atoms with Crippen molar-refractivity contribution in [1.29, 1.82) is 0 Å². The van der Waals surface area contributed by atoms with E-state index < -0.39 is 0 Å². The molecule has 0 N–H and O–H groups in total. The Morgan fingerprint density at radius 3 is 1.29 bits per heavy atom. The Hall–Kier alpha value is -2.52. The van der Waals surface area contributed by atoms with Crippen molar-refractivity contribution in [3.8, 4) is 23.0 Å². The lowest BCUT2D eigenvalue weighted by molar-refractivity contribution is -0.0439. The van der Waals surface area contributed by atoms with Gasteiger partial charge in [-0.3, -0.25) is 0 Å². The van der Waals surface area contributed by atoms with Crippen molar-refractivity contribution in [2.24, 2.45) is 23.7 Å².